The Morgan fingerprint density at radius 1 is 1.23 bits per heavy atom. The molecule has 2 N–H and O–H groups in total. The SMILES string of the molecule is COc1cc2[nH]nc(C(=O)OC(C)(C)C)c2cc1Nc1cc(Cl)ncn1. The van der Waals surface area contributed by atoms with Gasteiger partial charge in [-0.25, -0.2) is 14.8 Å². The number of carbonyl (C=O) groups is 1. The number of aromatic nitrogens is 4. The molecule has 0 aliphatic heterocycles. The number of carbonyl (C=O) groups excluding carboxylic acids is 1. The lowest BCUT2D eigenvalue weighted by Crippen LogP contribution is -2.24. The minimum Gasteiger partial charge on any atom is -0.494 e. The predicted octanol–water partition coefficient (Wildman–Crippen LogP) is 3.71. The van der Waals surface area contributed by atoms with E-state index in [-0.39, 0.29) is 5.69 Å². The fraction of sp³-hybridized carbons (Fsp3) is 0.294. The molecule has 9 heteroatoms. The second-order valence-corrected chi connectivity index (χ2v) is 6.91. The quantitative estimate of drug-likeness (QED) is 0.529. The largest absolute Gasteiger partial charge is 0.494 e. The number of nitrogens with zero attached hydrogens (tertiary/aromatic N) is 3. The highest BCUT2D eigenvalue weighted by molar-refractivity contribution is 6.29. The van der Waals surface area contributed by atoms with Crippen molar-refractivity contribution in [2.45, 2.75) is 26.4 Å². The van der Waals surface area contributed by atoms with Crippen molar-refractivity contribution in [2.75, 3.05) is 12.4 Å². The van der Waals surface area contributed by atoms with Gasteiger partial charge in [0.25, 0.3) is 0 Å². The molecule has 0 amide bonds. The smallest absolute Gasteiger partial charge is 0.360 e. The van der Waals surface area contributed by atoms with Gasteiger partial charge in [-0.15, -0.1) is 0 Å². The molecule has 0 aliphatic carbocycles. The molecule has 0 aliphatic rings. The highest BCUT2D eigenvalue weighted by atomic mass is 35.5. The first-order valence-electron chi connectivity index (χ1n) is 7.81. The molecule has 3 aromatic rings. The van der Waals surface area contributed by atoms with Crippen LogP contribution >= 0.6 is 11.6 Å². The molecule has 0 atom stereocenters. The Hall–Kier alpha value is -2.87. The van der Waals surface area contributed by atoms with Gasteiger partial charge < -0.3 is 14.8 Å². The number of rotatable bonds is 4. The average Bonchev–Trinajstić information content (AvgIpc) is 2.95. The van der Waals surface area contributed by atoms with Crippen LogP contribution in [0.15, 0.2) is 24.5 Å². The topological polar surface area (TPSA) is 102 Å². The Balaban J connectivity index is 2.03. The molecule has 136 valence electrons. The summed E-state index contributed by atoms with van der Waals surface area (Å²) in [5, 5.41) is 10.9. The van der Waals surface area contributed by atoms with E-state index >= 15 is 0 Å². The number of hydrogen-bond donors (Lipinski definition) is 2. The van der Waals surface area contributed by atoms with Gasteiger partial charge in [0.15, 0.2) is 5.69 Å². The van der Waals surface area contributed by atoms with E-state index in [1.54, 1.807) is 46.1 Å². The molecular formula is C17H18ClN5O3. The van der Waals surface area contributed by atoms with Crippen LogP contribution in [0.5, 0.6) is 5.75 Å². The normalized spacial score (nSPS) is 11.4. The van der Waals surface area contributed by atoms with Crippen LogP contribution in [0.3, 0.4) is 0 Å². The zero-order valence-corrected chi connectivity index (χ0v) is 15.5. The number of halogens is 1. The standard InChI is InChI=1S/C17H18ClN5O3/c1-17(2,3)26-16(24)15-9-5-11(12(25-4)6-10(9)22-23-15)21-14-7-13(18)19-8-20-14/h5-8H,1-4H3,(H,22,23)(H,19,20,21). The van der Waals surface area contributed by atoms with E-state index in [2.05, 4.69) is 25.5 Å². The van der Waals surface area contributed by atoms with Gasteiger partial charge in [-0.2, -0.15) is 5.10 Å². The van der Waals surface area contributed by atoms with E-state index in [9.17, 15) is 4.79 Å². The Labute approximate surface area is 154 Å². The first-order valence-corrected chi connectivity index (χ1v) is 8.18. The van der Waals surface area contributed by atoms with Crippen molar-refractivity contribution in [3.05, 3.63) is 35.4 Å². The number of anilines is 2. The Kier molecular flexibility index (Phi) is 4.69. The lowest BCUT2D eigenvalue weighted by molar-refractivity contribution is 0.00651. The fourth-order valence-corrected chi connectivity index (χ4v) is 2.48. The third-order valence-corrected chi connectivity index (χ3v) is 3.58. The number of benzene rings is 1. The van der Waals surface area contributed by atoms with Crippen LogP contribution < -0.4 is 10.1 Å². The minimum atomic E-state index is -0.617. The summed E-state index contributed by atoms with van der Waals surface area (Å²) in [7, 11) is 1.55. The average molecular weight is 376 g/mol. The first kappa shape index (κ1) is 17.9. The van der Waals surface area contributed by atoms with E-state index in [0.717, 1.165) is 0 Å². The van der Waals surface area contributed by atoms with Crippen LogP contribution in [-0.2, 0) is 4.74 Å². The third-order valence-electron chi connectivity index (χ3n) is 3.37. The van der Waals surface area contributed by atoms with Crippen molar-refractivity contribution in [3.8, 4) is 5.75 Å². The van der Waals surface area contributed by atoms with E-state index in [0.29, 0.717) is 33.3 Å². The zero-order chi connectivity index (χ0) is 18.9. The van der Waals surface area contributed by atoms with E-state index in [4.69, 9.17) is 21.1 Å². The maximum Gasteiger partial charge on any atom is 0.360 e. The van der Waals surface area contributed by atoms with Crippen molar-refractivity contribution in [1.29, 1.82) is 0 Å². The molecule has 0 bridgehead atoms. The Bertz CT molecular complexity index is 965. The lowest BCUT2D eigenvalue weighted by atomic mass is 10.1. The van der Waals surface area contributed by atoms with Gasteiger partial charge in [0.2, 0.25) is 0 Å². The summed E-state index contributed by atoms with van der Waals surface area (Å²) < 4.78 is 10.8. The van der Waals surface area contributed by atoms with Gasteiger partial charge in [0, 0.05) is 17.5 Å². The summed E-state index contributed by atoms with van der Waals surface area (Å²) in [6, 6.07) is 5.06. The minimum absolute atomic E-state index is 0.196. The summed E-state index contributed by atoms with van der Waals surface area (Å²) >= 11 is 5.89. The van der Waals surface area contributed by atoms with E-state index < -0.39 is 11.6 Å². The highest BCUT2D eigenvalue weighted by Crippen LogP contribution is 2.33. The van der Waals surface area contributed by atoms with Crippen LogP contribution in [0.25, 0.3) is 10.9 Å². The van der Waals surface area contributed by atoms with E-state index in [1.807, 2.05) is 0 Å². The second-order valence-electron chi connectivity index (χ2n) is 6.52. The third kappa shape index (κ3) is 3.85. The summed E-state index contributed by atoms with van der Waals surface area (Å²) in [5.41, 5.74) is 0.824. The van der Waals surface area contributed by atoms with Crippen molar-refractivity contribution in [3.63, 3.8) is 0 Å². The Morgan fingerprint density at radius 2 is 2.00 bits per heavy atom. The van der Waals surface area contributed by atoms with Crippen LogP contribution in [-0.4, -0.2) is 38.8 Å². The molecule has 2 aromatic heterocycles. The van der Waals surface area contributed by atoms with Gasteiger partial charge in [-0.3, -0.25) is 5.10 Å². The Morgan fingerprint density at radius 3 is 2.65 bits per heavy atom. The zero-order valence-electron chi connectivity index (χ0n) is 14.8. The summed E-state index contributed by atoms with van der Waals surface area (Å²) in [5.74, 6) is 0.529. The molecule has 1 aromatic carbocycles. The van der Waals surface area contributed by atoms with Gasteiger partial charge in [-0.1, -0.05) is 11.6 Å². The summed E-state index contributed by atoms with van der Waals surface area (Å²) in [6.45, 7) is 5.40. The molecule has 0 saturated heterocycles. The fourth-order valence-electron chi connectivity index (χ4n) is 2.33. The van der Waals surface area contributed by atoms with Gasteiger partial charge >= 0.3 is 5.97 Å². The van der Waals surface area contributed by atoms with Crippen LogP contribution in [0.4, 0.5) is 11.5 Å². The summed E-state index contributed by atoms with van der Waals surface area (Å²) in [4.78, 5) is 20.4. The number of aromatic amines is 1. The molecule has 0 unspecified atom stereocenters. The number of H-pyrrole nitrogens is 1. The maximum absolute atomic E-state index is 12.4. The van der Waals surface area contributed by atoms with Crippen molar-refractivity contribution >= 4 is 40.0 Å². The van der Waals surface area contributed by atoms with Gasteiger partial charge in [0.1, 0.15) is 28.6 Å². The number of ether oxygens (including phenoxy) is 2. The van der Waals surface area contributed by atoms with Gasteiger partial charge in [-0.05, 0) is 26.8 Å². The first-order chi connectivity index (χ1) is 12.3. The lowest BCUT2D eigenvalue weighted by Gasteiger charge is -2.18. The van der Waals surface area contributed by atoms with E-state index in [1.165, 1.54) is 6.33 Å². The van der Waals surface area contributed by atoms with Crippen LogP contribution in [0.1, 0.15) is 31.3 Å². The number of esters is 1. The molecule has 0 radical (unpaired) electrons. The molecule has 3 rings (SSSR count). The van der Waals surface area contributed by atoms with Crippen molar-refractivity contribution in [2.24, 2.45) is 0 Å². The van der Waals surface area contributed by atoms with Crippen LogP contribution in [0, 0.1) is 0 Å². The molecule has 8 nitrogen and oxygen atoms in total. The second kappa shape index (κ2) is 6.80. The number of nitrogens with one attached hydrogen (secondary N) is 2. The van der Waals surface area contributed by atoms with Crippen molar-refractivity contribution < 1.29 is 14.3 Å². The van der Waals surface area contributed by atoms with Crippen LogP contribution in [0.2, 0.25) is 5.15 Å². The summed E-state index contributed by atoms with van der Waals surface area (Å²) in [6.07, 6.45) is 1.35. The number of hydrogen-bond acceptors (Lipinski definition) is 7. The monoisotopic (exact) mass is 375 g/mol. The number of fused-ring (bicyclic) bond motifs is 1. The maximum atomic E-state index is 12.4. The molecule has 2 heterocycles. The number of methoxy groups -OCH3 is 1. The molecule has 0 saturated carbocycles. The molecular weight excluding hydrogens is 358 g/mol. The molecule has 26 heavy (non-hydrogen) atoms. The molecule has 0 fully saturated rings. The van der Waals surface area contributed by atoms with Gasteiger partial charge in [0.05, 0.1) is 18.3 Å². The molecule has 0 spiro atoms. The van der Waals surface area contributed by atoms with Crippen molar-refractivity contribution in [1.82, 2.24) is 20.2 Å². The highest BCUT2D eigenvalue weighted by Gasteiger charge is 2.23. The predicted molar refractivity (Wildman–Crippen MR) is 98.1 cm³/mol.